The quantitative estimate of drug-likeness (QED) is 0.822. The average molecular weight is 242 g/mol. The Hall–Kier alpha value is -1.49. The second-order valence-corrected chi connectivity index (χ2v) is 4.00. The molecule has 94 valence electrons. The highest BCUT2D eigenvalue weighted by Gasteiger charge is 2.10. The molecule has 0 fully saturated rings. The third-order valence-electron chi connectivity index (χ3n) is 2.35. The van der Waals surface area contributed by atoms with Crippen LogP contribution in [0, 0.1) is 17.6 Å². The van der Waals surface area contributed by atoms with Crippen molar-refractivity contribution in [1.82, 2.24) is 10.6 Å². The van der Waals surface area contributed by atoms with Crippen LogP contribution >= 0.6 is 0 Å². The van der Waals surface area contributed by atoms with Gasteiger partial charge in [0.2, 0.25) is 0 Å². The van der Waals surface area contributed by atoms with E-state index in [1.54, 1.807) is 0 Å². The van der Waals surface area contributed by atoms with Crippen molar-refractivity contribution >= 4 is 5.91 Å². The van der Waals surface area contributed by atoms with Crippen LogP contribution in [0.3, 0.4) is 0 Å². The average Bonchev–Trinajstić information content (AvgIpc) is 2.30. The topological polar surface area (TPSA) is 41.1 Å². The summed E-state index contributed by atoms with van der Waals surface area (Å²) in [6.07, 6.45) is 0. The lowest BCUT2D eigenvalue weighted by molar-refractivity contribution is 0.0947. The van der Waals surface area contributed by atoms with Crippen molar-refractivity contribution in [1.29, 1.82) is 0 Å². The fourth-order valence-electron chi connectivity index (χ4n) is 1.43. The van der Waals surface area contributed by atoms with Crippen molar-refractivity contribution in [3.63, 3.8) is 0 Å². The molecule has 0 aliphatic carbocycles. The number of rotatable bonds is 5. The number of hydrogen-bond donors (Lipinski definition) is 2. The first-order chi connectivity index (χ1) is 8.04. The number of benzene rings is 1. The predicted molar refractivity (Wildman–Crippen MR) is 61.8 cm³/mol. The highest BCUT2D eigenvalue weighted by molar-refractivity contribution is 5.94. The van der Waals surface area contributed by atoms with Crippen LogP contribution in [0.15, 0.2) is 18.2 Å². The lowest BCUT2D eigenvalue weighted by atomic mass is 10.1. The molecule has 0 aliphatic rings. The van der Waals surface area contributed by atoms with Crippen molar-refractivity contribution in [2.45, 2.75) is 6.92 Å². The van der Waals surface area contributed by atoms with E-state index < -0.39 is 17.5 Å². The molecule has 2 N–H and O–H groups in total. The highest BCUT2D eigenvalue weighted by atomic mass is 19.2. The molecule has 0 unspecified atom stereocenters. The molecule has 0 aliphatic heterocycles. The van der Waals surface area contributed by atoms with Crippen LogP contribution in [0.25, 0.3) is 0 Å². The normalized spacial score (nSPS) is 12.2. The number of halogens is 2. The Bertz CT molecular complexity index is 396. The minimum atomic E-state index is -1.01. The summed E-state index contributed by atoms with van der Waals surface area (Å²) in [7, 11) is 1.83. The molecule has 3 nitrogen and oxygen atoms in total. The van der Waals surface area contributed by atoms with Gasteiger partial charge in [-0.15, -0.1) is 0 Å². The van der Waals surface area contributed by atoms with Crippen molar-refractivity contribution in [2.75, 3.05) is 20.1 Å². The highest BCUT2D eigenvalue weighted by Crippen LogP contribution is 2.08. The zero-order valence-corrected chi connectivity index (χ0v) is 9.89. The van der Waals surface area contributed by atoms with E-state index >= 15 is 0 Å². The van der Waals surface area contributed by atoms with Gasteiger partial charge in [0.05, 0.1) is 0 Å². The van der Waals surface area contributed by atoms with Gasteiger partial charge >= 0.3 is 0 Å². The SMILES string of the molecule is CNC[C@@H](C)CNC(=O)c1ccc(F)c(F)c1. The van der Waals surface area contributed by atoms with E-state index in [9.17, 15) is 13.6 Å². The molecular formula is C12H16F2N2O. The number of nitrogens with one attached hydrogen (secondary N) is 2. The maximum atomic E-state index is 12.9. The van der Waals surface area contributed by atoms with E-state index in [1.165, 1.54) is 6.07 Å². The standard InChI is InChI=1S/C12H16F2N2O/c1-8(6-15-2)7-16-12(17)9-3-4-10(13)11(14)5-9/h3-5,8,15H,6-7H2,1-2H3,(H,16,17)/t8-/m1/s1. The molecule has 1 rings (SSSR count). The van der Waals surface area contributed by atoms with Gasteiger partial charge in [0.1, 0.15) is 0 Å². The Morgan fingerprint density at radius 2 is 2.00 bits per heavy atom. The maximum Gasteiger partial charge on any atom is 0.251 e. The molecule has 1 amide bonds. The number of carbonyl (C=O) groups excluding carboxylic acids is 1. The third-order valence-corrected chi connectivity index (χ3v) is 2.35. The molecule has 5 heteroatoms. The van der Waals surface area contributed by atoms with Gasteiger partial charge in [-0.25, -0.2) is 8.78 Å². The van der Waals surface area contributed by atoms with Gasteiger partial charge in [0, 0.05) is 12.1 Å². The summed E-state index contributed by atoms with van der Waals surface area (Å²) in [5.74, 6) is -2.09. The van der Waals surface area contributed by atoms with Gasteiger partial charge < -0.3 is 10.6 Å². The zero-order valence-electron chi connectivity index (χ0n) is 9.89. The maximum absolute atomic E-state index is 12.9. The summed E-state index contributed by atoms with van der Waals surface area (Å²) in [5, 5.41) is 5.65. The van der Waals surface area contributed by atoms with E-state index in [0.29, 0.717) is 6.54 Å². The van der Waals surface area contributed by atoms with Crippen LogP contribution < -0.4 is 10.6 Å². The molecule has 0 bridgehead atoms. The predicted octanol–water partition coefficient (Wildman–Crippen LogP) is 1.55. The fraction of sp³-hybridized carbons (Fsp3) is 0.417. The van der Waals surface area contributed by atoms with Crippen molar-refractivity contribution in [3.05, 3.63) is 35.4 Å². The molecular weight excluding hydrogens is 226 g/mol. The monoisotopic (exact) mass is 242 g/mol. The third kappa shape index (κ3) is 4.11. The zero-order chi connectivity index (χ0) is 12.8. The summed E-state index contributed by atoms with van der Waals surface area (Å²) < 4.78 is 25.6. The fourth-order valence-corrected chi connectivity index (χ4v) is 1.43. The van der Waals surface area contributed by atoms with Crippen LogP contribution in [-0.2, 0) is 0 Å². The van der Waals surface area contributed by atoms with Gasteiger partial charge in [0.25, 0.3) is 5.91 Å². The smallest absolute Gasteiger partial charge is 0.251 e. The Morgan fingerprint density at radius 1 is 1.29 bits per heavy atom. The summed E-state index contributed by atoms with van der Waals surface area (Å²) in [6, 6.07) is 3.10. The molecule has 0 aromatic heterocycles. The number of hydrogen-bond acceptors (Lipinski definition) is 2. The summed E-state index contributed by atoms with van der Waals surface area (Å²) in [4.78, 5) is 11.6. The lowest BCUT2D eigenvalue weighted by Crippen LogP contribution is -2.32. The van der Waals surface area contributed by atoms with Crippen molar-refractivity contribution < 1.29 is 13.6 Å². The molecule has 0 saturated carbocycles. The minimum absolute atomic E-state index is 0.126. The second kappa shape index (κ2) is 6.30. The Labute approximate surface area is 99.2 Å². The molecule has 1 aromatic carbocycles. The van der Waals surface area contributed by atoms with Crippen molar-refractivity contribution in [2.24, 2.45) is 5.92 Å². The lowest BCUT2D eigenvalue weighted by Gasteiger charge is -2.11. The van der Waals surface area contributed by atoms with Crippen LogP contribution in [0.1, 0.15) is 17.3 Å². The number of amides is 1. The summed E-state index contributed by atoms with van der Waals surface area (Å²) in [6.45, 7) is 3.23. The van der Waals surface area contributed by atoms with E-state index in [1.807, 2.05) is 14.0 Å². The van der Waals surface area contributed by atoms with Crippen LogP contribution in [0.4, 0.5) is 8.78 Å². The Balaban J connectivity index is 2.55. The largest absolute Gasteiger partial charge is 0.352 e. The number of carbonyl (C=O) groups is 1. The molecule has 1 aromatic rings. The van der Waals surface area contributed by atoms with Gasteiger partial charge in [-0.05, 0) is 37.7 Å². The van der Waals surface area contributed by atoms with Gasteiger partial charge in [0.15, 0.2) is 11.6 Å². The van der Waals surface area contributed by atoms with Crippen LogP contribution in [0.2, 0.25) is 0 Å². The summed E-state index contributed by atoms with van der Waals surface area (Å²) >= 11 is 0. The second-order valence-electron chi connectivity index (χ2n) is 4.00. The molecule has 0 saturated heterocycles. The first kappa shape index (κ1) is 13.6. The van der Waals surface area contributed by atoms with Gasteiger partial charge in [-0.2, -0.15) is 0 Å². The Morgan fingerprint density at radius 3 is 2.59 bits per heavy atom. The molecule has 0 spiro atoms. The molecule has 0 radical (unpaired) electrons. The van der Waals surface area contributed by atoms with Crippen molar-refractivity contribution in [3.8, 4) is 0 Å². The van der Waals surface area contributed by atoms with Crippen LogP contribution in [0.5, 0.6) is 0 Å². The molecule has 0 heterocycles. The van der Waals surface area contributed by atoms with Crippen LogP contribution in [-0.4, -0.2) is 26.0 Å². The van der Waals surface area contributed by atoms with Gasteiger partial charge in [-0.1, -0.05) is 6.92 Å². The minimum Gasteiger partial charge on any atom is -0.352 e. The first-order valence-electron chi connectivity index (χ1n) is 5.42. The molecule has 1 atom stereocenters. The van der Waals surface area contributed by atoms with E-state index in [4.69, 9.17) is 0 Å². The van der Waals surface area contributed by atoms with E-state index in [0.717, 1.165) is 18.7 Å². The first-order valence-corrected chi connectivity index (χ1v) is 5.42. The summed E-state index contributed by atoms with van der Waals surface area (Å²) in [5.41, 5.74) is 0.126. The van der Waals surface area contributed by atoms with Gasteiger partial charge in [-0.3, -0.25) is 4.79 Å². The van der Waals surface area contributed by atoms with E-state index in [2.05, 4.69) is 10.6 Å². The van der Waals surface area contributed by atoms with E-state index in [-0.39, 0.29) is 11.5 Å². The molecule has 17 heavy (non-hydrogen) atoms. The Kier molecular flexibility index (Phi) is 5.03.